The van der Waals surface area contributed by atoms with E-state index in [1.165, 1.54) is 36.4 Å². The molecule has 1 amide bonds. The summed E-state index contributed by atoms with van der Waals surface area (Å²) >= 11 is 0. The number of rotatable bonds is 9. The van der Waals surface area contributed by atoms with Gasteiger partial charge in [-0.15, -0.1) is 0 Å². The molecule has 0 radical (unpaired) electrons. The van der Waals surface area contributed by atoms with E-state index in [0.717, 1.165) is 12.0 Å². The van der Waals surface area contributed by atoms with Crippen molar-refractivity contribution in [3.05, 3.63) is 95.8 Å². The summed E-state index contributed by atoms with van der Waals surface area (Å²) in [5, 5.41) is -0.376. The van der Waals surface area contributed by atoms with Crippen LogP contribution < -0.4 is 20.1 Å². The number of aromatic nitrogens is 2. The SMILES string of the molecule is CC(C)COc1cc(F)cc(-c2ccc(C(=O)NS(=O)(=O)c3cccc(N)n3)c(N3CC(c4ccccc4)CC3C)n2)c1.[HH].[HH]. The summed E-state index contributed by atoms with van der Waals surface area (Å²) in [5.74, 6) is -0.259. The smallest absolute Gasteiger partial charge is 0.281 e. The number of hydrogen-bond acceptors (Lipinski definition) is 8. The third kappa shape index (κ3) is 6.94. The van der Waals surface area contributed by atoms with Crippen molar-refractivity contribution in [2.45, 2.75) is 44.2 Å². The Bertz CT molecular complexity index is 1750. The number of hydrogen-bond donors (Lipinski definition) is 2. The number of benzene rings is 2. The number of halogens is 1. The van der Waals surface area contributed by atoms with Crippen LogP contribution in [0.5, 0.6) is 5.75 Å². The van der Waals surface area contributed by atoms with Crippen LogP contribution in [0, 0.1) is 11.7 Å². The first-order valence-electron chi connectivity index (χ1n) is 14.1. The molecule has 2 atom stereocenters. The maximum atomic E-state index is 14.7. The fourth-order valence-electron chi connectivity index (χ4n) is 5.16. The highest BCUT2D eigenvalue weighted by Crippen LogP contribution is 2.37. The number of sulfonamides is 1. The Morgan fingerprint density at radius 1 is 1.09 bits per heavy atom. The van der Waals surface area contributed by atoms with E-state index in [1.807, 2.05) is 43.9 Å². The number of nitrogen functional groups attached to an aromatic ring is 1. The first-order chi connectivity index (χ1) is 20.5. The number of pyridine rings is 2. The van der Waals surface area contributed by atoms with Gasteiger partial charge in [-0.3, -0.25) is 4.79 Å². The van der Waals surface area contributed by atoms with Crippen LogP contribution in [-0.2, 0) is 10.0 Å². The second kappa shape index (κ2) is 12.4. The summed E-state index contributed by atoms with van der Waals surface area (Å²) in [4.78, 5) is 24.2. The van der Waals surface area contributed by atoms with Crippen LogP contribution in [-0.4, -0.2) is 43.5 Å². The Kier molecular flexibility index (Phi) is 8.63. The average molecular weight is 608 g/mol. The Labute approximate surface area is 254 Å². The van der Waals surface area contributed by atoms with Gasteiger partial charge in [0.2, 0.25) is 0 Å². The van der Waals surface area contributed by atoms with Crippen molar-refractivity contribution in [2.75, 3.05) is 23.8 Å². The number of amides is 1. The summed E-state index contributed by atoms with van der Waals surface area (Å²) in [6, 6.07) is 21.6. The highest BCUT2D eigenvalue weighted by molar-refractivity contribution is 7.90. The third-order valence-electron chi connectivity index (χ3n) is 7.24. The lowest BCUT2D eigenvalue weighted by molar-refractivity contribution is 0.0981. The second-order valence-corrected chi connectivity index (χ2v) is 12.8. The summed E-state index contributed by atoms with van der Waals surface area (Å²) in [6.45, 7) is 7.01. The average Bonchev–Trinajstić information content (AvgIpc) is 3.37. The van der Waals surface area contributed by atoms with Gasteiger partial charge in [0, 0.05) is 33.0 Å². The van der Waals surface area contributed by atoms with Crippen molar-refractivity contribution < 1.29 is 25.2 Å². The fraction of sp³-hybridized carbons (Fsp3) is 0.281. The molecular weight excluding hydrogens is 569 g/mol. The zero-order valence-electron chi connectivity index (χ0n) is 24.2. The van der Waals surface area contributed by atoms with Crippen molar-refractivity contribution in [3.8, 4) is 17.0 Å². The van der Waals surface area contributed by atoms with Crippen molar-refractivity contribution in [3.63, 3.8) is 0 Å². The Balaban J connectivity index is 0.00000276. The summed E-state index contributed by atoms with van der Waals surface area (Å²) in [6.07, 6.45) is 0.801. The molecule has 5 rings (SSSR count). The highest BCUT2D eigenvalue weighted by Gasteiger charge is 2.34. The lowest BCUT2D eigenvalue weighted by Crippen LogP contribution is -2.35. The molecule has 9 nitrogen and oxygen atoms in total. The van der Waals surface area contributed by atoms with E-state index < -0.39 is 21.7 Å². The van der Waals surface area contributed by atoms with Gasteiger partial charge in [-0.1, -0.05) is 50.2 Å². The number of ether oxygens (including phenoxy) is 1. The quantitative estimate of drug-likeness (QED) is 0.241. The molecule has 3 heterocycles. The molecule has 1 aliphatic heterocycles. The molecule has 3 N–H and O–H groups in total. The maximum absolute atomic E-state index is 14.7. The van der Waals surface area contributed by atoms with Crippen LogP contribution in [0.3, 0.4) is 0 Å². The van der Waals surface area contributed by atoms with Crippen molar-refractivity contribution in [1.82, 2.24) is 14.7 Å². The van der Waals surface area contributed by atoms with Gasteiger partial charge >= 0.3 is 0 Å². The van der Waals surface area contributed by atoms with E-state index in [9.17, 15) is 17.6 Å². The fourth-order valence-corrected chi connectivity index (χ4v) is 6.11. The van der Waals surface area contributed by atoms with Gasteiger partial charge in [0.1, 0.15) is 23.2 Å². The van der Waals surface area contributed by atoms with Crippen LogP contribution in [0.15, 0.2) is 83.9 Å². The number of anilines is 2. The number of nitrogens with zero attached hydrogens (tertiary/aromatic N) is 3. The van der Waals surface area contributed by atoms with Gasteiger partial charge in [0.05, 0.1) is 17.9 Å². The molecule has 11 heteroatoms. The first-order valence-corrected chi connectivity index (χ1v) is 15.5. The Hall–Kier alpha value is -4.51. The molecule has 0 saturated carbocycles. The van der Waals surface area contributed by atoms with Gasteiger partial charge in [-0.25, -0.2) is 19.1 Å². The van der Waals surface area contributed by atoms with Crippen LogP contribution >= 0.6 is 0 Å². The van der Waals surface area contributed by atoms with E-state index in [1.54, 1.807) is 12.1 Å². The normalized spacial score (nSPS) is 16.8. The van der Waals surface area contributed by atoms with Gasteiger partial charge < -0.3 is 15.4 Å². The monoisotopic (exact) mass is 607 g/mol. The molecule has 0 bridgehead atoms. The minimum Gasteiger partial charge on any atom is -0.493 e. The van der Waals surface area contributed by atoms with E-state index in [4.69, 9.17) is 15.5 Å². The van der Waals surface area contributed by atoms with Crippen molar-refractivity contribution in [2.24, 2.45) is 5.92 Å². The minimum atomic E-state index is -4.33. The molecule has 43 heavy (non-hydrogen) atoms. The van der Waals surface area contributed by atoms with Crippen molar-refractivity contribution in [1.29, 1.82) is 0 Å². The van der Waals surface area contributed by atoms with Gasteiger partial charge in [-0.05, 0) is 61.2 Å². The molecule has 2 unspecified atom stereocenters. The predicted octanol–water partition coefficient (Wildman–Crippen LogP) is 5.89. The number of nitrogens with two attached hydrogens (primary N) is 1. The topological polar surface area (TPSA) is 128 Å². The highest BCUT2D eigenvalue weighted by atomic mass is 32.2. The second-order valence-electron chi connectivity index (χ2n) is 11.1. The molecule has 2 aromatic heterocycles. The number of carbonyl (C=O) groups is 1. The zero-order valence-corrected chi connectivity index (χ0v) is 25.0. The van der Waals surface area contributed by atoms with E-state index in [0.29, 0.717) is 36.0 Å². The van der Waals surface area contributed by atoms with E-state index in [2.05, 4.69) is 21.8 Å². The van der Waals surface area contributed by atoms with Crippen LogP contribution in [0.2, 0.25) is 0 Å². The third-order valence-corrected chi connectivity index (χ3v) is 8.47. The largest absolute Gasteiger partial charge is 0.493 e. The Morgan fingerprint density at radius 2 is 1.86 bits per heavy atom. The lowest BCUT2D eigenvalue weighted by atomic mass is 9.97. The molecule has 228 valence electrons. The van der Waals surface area contributed by atoms with E-state index in [-0.39, 0.29) is 37.1 Å². The standard InChI is InChI=1S/C32H34FN5O4S.2H2/c1-20(2)19-42-26-16-23(15-25(33)17-26)28-13-12-27(32(39)37-43(40,41)30-11-7-10-29(34)36-30)31(35-28)38-18-24(14-21(38)3)22-8-5-4-6-9-22;;/h4-13,15-17,20-21,24H,14,18-19H2,1-3H3,(H2,34,36)(H,37,39);2*1H. The van der Waals surface area contributed by atoms with Gasteiger partial charge in [0.25, 0.3) is 15.9 Å². The van der Waals surface area contributed by atoms with Gasteiger partial charge in [0.15, 0.2) is 5.03 Å². The molecule has 1 fully saturated rings. The minimum absolute atomic E-state index is 0. The Morgan fingerprint density at radius 3 is 2.58 bits per heavy atom. The number of carbonyl (C=O) groups excluding carboxylic acids is 1. The molecule has 0 aliphatic carbocycles. The molecular formula is C32H38FN5O4S. The molecule has 1 aliphatic rings. The number of nitrogens with one attached hydrogen (secondary N) is 1. The lowest BCUT2D eigenvalue weighted by Gasteiger charge is -2.25. The summed E-state index contributed by atoms with van der Waals surface area (Å²) in [7, 11) is -4.33. The summed E-state index contributed by atoms with van der Waals surface area (Å²) in [5.41, 5.74) is 7.77. The van der Waals surface area contributed by atoms with Crippen molar-refractivity contribution >= 4 is 27.6 Å². The van der Waals surface area contributed by atoms with Gasteiger partial charge in [-0.2, -0.15) is 8.42 Å². The molecule has 0 spiro atoms. The maximum Gasteiger partial charge on any atom is 0.281 e. The van der Waals surface area contributed by atoms with E-state index >= 15 is 0 Å². The first kappa shape index (κ1) is 30.0. The molecule has 2 aromatic carbocycles. The van der Waals surface area contributed by atoms with Crippen LogP contribution in [0.4, 0.5) is 16.0 Å². The molecule has 4 aromatic rings. The van der Waals surface area contributed by atoms with Crippen LogP contribution in [0.1, 0.15) is 51.9 Å². The van der Waals surface area contributed by atoms with Crippen LogP contribution in [0.25, 0.3) is 11.3 Å². The summed E-state index contributed by atoms with van der Waals surface area (Å²) < 4.78 is 48.6. The predicted molar refractivity (Wildman–Crippen MR) is 168 cm³/mol. The molecule has 1 saturated heterocycles. The zero-order chi connectivity index (χ0) is 30.7.